The Morgan fingerprint density at radius 3 is 2.33 bits per heavy atom. The van der Waals surface area contributed by atoms with Gasteiger partial charge >= 0.3 is 0 Å². The van der Waals surface area contributed by atoms with Crippen molar-refractivity contribution in [2.75, 3.05) is 27.2 Å². The Hall–Kier alpha value is -1.02. The molecule has 0 aliphatic carbocycles. The lowest BCUT2D eigenvalue weighted by molar-refractivity contribution is 0.0739. The molecule has 1 saturated heterocycles. The van der Waals surface area contributed by atoms with Gasteiger partial charge in [0.2, 0.25) is 10.0 Å². The maximum atomic E-state index is 12.9. The van der Waals surface area contributed by atoms with E-state index in [4.69, 9.17) is 0 Å². The molecule has 0 amide bonds. The van der Waals surface area contributed by atoms with Gasteiger partial charge < -0.3 is 10.0 Å². The zero-order chi connectivity index (χ0) is 15.6. The smallest absolute Gasteiger partial charge is 0.243 e. The van der Waals surface area contributed by atoms with Crippen molar-refractivity contribution < 1.29 is 17.9 Å². The molecule has 0 bridgehead atoms. The van der Waals surface area contributed by atoms with Gasteiger partial charge in [-0.2, -0.15) is 4.31 Å². The minimum Gasteiger partial charge on any atom is -0.391 e. The summed E-state index contributed by atoms with van der Waals surface area (Å²) in [5.74, 6) is -0.465. The van der Waals surface area contributed by atoms with Crippen molar-refractivity contribution in [3.63, 3.8) is 0 Å². The number of likely N-dealkylation sites (N-methyl/N-ethyl adjacent to an activating group) is 1. The third-order valence-corrected chi connectivity index (χ3v) is 5.82. The number of aliphatic hydroxyl groups excluding tert-OH is 1. The van der Waals surface area contributed by atoms with Crippen LogP contribution in [-0.4, -0.2) is 62.1 Å². The molecule has 1 aliphatic rings. The highest BCUT2D eigenvalue weighted by atomic mass is 32.2. The molecule has 118 valence electrons. The lowest BCUT2D eigenvalue weighted by atomic mass is 10.1. The maximum absolute atomic E-state index is 12.9. The molecule has 0 spiro atoms. The molecule has 5 nitrogen and oxygen atoms in total. The summed E-state index contributed by atoms with van der Waals surface area (Å²) in [6.45, 7) is 0.616. The van der Waals surface area contributed by atoms with Gasteiger partial charge in [0, 0.05) is 19.1 Å². The molecule has 1 fully saturated rings. The molecule has 7 heteroatoms. The minimum absolute atomic E-state index is 0.0570. The van der Waals surface area contributed by atoms with E-state index in [1.807, 2.05) is 19.0 Å². The predicted octanol–water partition coefficient (Wildman–Crippen LogP) is 0.901. The van der Waals surface area contributed by atoms with E-state index in [0.717, 1.165) is 12.1 Å². The van der Waals surface area contributed by atoms with Crippen LogP contribution < -0.4 is 0 Å². The van der Waals surface area contributed by atoms with Crippen molar-refractivity contribution in [3.05, 3.63) is 30.1 Å². The van der Waals surface area contributed by atoms with Crippen LogP contribution in [-0.2, 0) is 10.0 Å². The molecule has 1 heterocycles. The van der Waals surface area contributed by atoms with Gasteiger partial charge in [-0.05, 0) is 51.2 Å². The van der Waals surface area contributed by atoms with Gasteiger partial charge in [0.15, 0.2) is 0 Å². The fraction of sp³-hybridized carbons (Fsp3) is 0.571. The third-order valence-electron chi connectivity index (χ3n) is 3.91. The molecule has 0 radical (unpaired) electrons. The number of benzene rings is 1. The number of sulfonamides is 1. The zero-order valence-corrected chi connectivity index (χ0v) is 13.1. The van der Waals surface area contributed by atoms with Crippen LogP contribution in [0.25, 0.3) is 0 Å². The topological polar surface area (TPSA) is 60.9 Å². The quantitative estimate of drug-likeness (QED) is 0.900. The summed E-state index contributed by atoms with van der Waals surface area (Å²) in [5, 5.41) is 10.1. The third kappa shape index (κ3) is 3.60. The number of nitrogens with zero attached hydrogens (tertiary/aromatic N) is 2. The van der Waals surface area contributed by atoms with E-state index < -0.39 is 21.9 Å². The standard InChI is InChI=1S/C14H21FN2O3S/c1-16(2)13-7-9-17(10-8-14(13)18)21(19,20)12-5-3-11(15)4-6-12/h3-6,13-14,18H,7-10H2,1-2H3/t13-,14-/m0/s1. The van der Waals surface area contributed by atoms with Gasteiger partial charge in [-0.25, -0.2) is 12.8 Å². The first-order valence-electron chi connectivity index (χ1n) is 6.92. The SMILES string of the molecule is CN(C)[C@H]1CCN(S(=O)(=O)c2ccc(F)cc2)CC[C@@H]1O. The Bertz CT molecular complexity index is 574. The van der Waals surface area contributed by atoms with Crippen LogP contribution in [0.4, 0.5) is 4.39 Å². The second-order valence-corrected chi connectivity index (χ2v) is 7.47. The normalized spacial score (nSPS) is 25.0. The number of aliphatic hydroxyl groups is 1. The first kappa shape index (κ1) is 16.4. The molecule has 1 aliphatic heterocycles. The van der Waals surface area contributed by atoms with E-state index in [1.54, 1.807) is 0 Å². The summed E-state index contributed by atoms with van der Waals surface area (Å²) < 4.78 is 39.4. The summed E-state index contributed by atoms with van der Waals surface area (Å²) in [6.07, 6.45) is 0.408. The average molecular weight is 316 g/mol. The first-order chi connectivity index (χ1) is 9.82. The van der Waals surface area contributed by atoms with Crippen molar-refractivity contribution >= 4 is 10.0 Å². The Morgan fingerprint density at radius 2 is 1.76 bits per heavy atom. The van der Waals surface area contributed by atoms with Gasteiger partial charge in [-0.3, -0.25) is 0 Å². The highest BCUT2D eigenvalue weighted by Gasteiger charge is 2.32. The van der Waals surface area contributed by atoms with Crippen LogP contribution in [0, 0.1) is 5.82 Å². The fourth-order valence-electron chi connectivity index (χ4n) is 2.65. The van der Waals surface area contributed by atoms with E-state index in [-0.39, 0.29) is 17.5 Å². The van der Waals surface area contributed by atoms with E-state index in [9.17, 15) is 17.9 Å². The Morgan fingerprint density at radius 1 is 1.19 bits per heavy atom. The van der Waals surface area contributed by atoms with Crippen LogP contribution in [0.3, 0.4) is 0 Å². The fourth-order valence-corrected chi connectivity index (χ4v) is 4.12. The summed E-state index contributed by atoms with van der Waals surface area (Å²) >= 11 is 0. The average Bonchev–Trinajstić information content (AvgIpc) is 2.61. The summed E-state index contributed by atoms with van der Waals surface area (Å²) in [7, 11) is 0.108. The molecule has 0 unspecified atom stereocenters. The van der Waals surface area contributed by atoms with Gasteiger partial charge in [0.05, 0.1) is 11.0 Å². The van der Waals surface area contributed by atoms with Gasteiger partial charge in [0.1, 0.15) is 5.82 Å². The van der Waals surface area contributed by atoms with Crippen molar-refractivity contribution in [3.8, 4) is 0 Å². The maximum Gasteiger partial charge on any atom is 0.243 e. The van der Waals surface area contributed by atoms with Crippen molar-refractivity contribution in [1.29, 1.82) is 0 Å². The van der Waals surface area contributed by atoms with Crippen LogP contribution in [0.5, 0.6) is 0 Å². The molecular weight excluding hydrogens is 295 g/mol. The molecule has 0 aromatic heterocycles. The van der Waals surface area contributed by atoms with Crippen molar-refractivity contribution in [1.82, 2.24) is 9.21 Å². The lowest BCUT2D eigenvalue weighted by Crippen LogP contribution is -2.38. The Balaban J connectivity index is 2.19. The van der Waals surface area contributed by atoms with Crippen LogP contribution in [0.2, 0.25) is 0 Å². The Labute approximate surface area is 125 Å². The summed E-state index contributed by atoms with van der Waals surface area (Å²) in [5.41, 5.74) is 0. The van der Waals surface area contributed by atoms with Crippen LogP contribution in [0.15, 0.2) is 29.2 Å². The van der Waals surface area contributed by atoms with E-state index in [1.165, 1.54) is 16.4 Å². The van der Waals surface area contributed by atoms with Crippen LogP contribution >= 0.6 is 0 Å². The molecular formula is C14H21FN2O3S. The first-order valence-corrected chi connectivity index (χ1v) is 8.36. The lowest BCUT2D eigenvalue weighted by Gasteiger charge is -2.26. The second kappa shape index (κ2) is 6.39. The van der Waals surface area contributed by atoms with Crippen LogP contribution in [0.1, 0.15) is 12.8 Å². The largest absolute Gasteiger partial charge is 0.391 e. The van der Waals surface area contributed by atoms with Gasteiger partial charge in [-0.1, -0.05) is 0 Å². The molecule has 0 saturated carbocycles. The van der Waals surface area contributed by atoms with E-state index in [2.05, 4.69) is 0 Å². The predicted molar refractivity (Wildman–Crippen MR) is 77.9 cm³/mol. The molecule has 2 atom stereocenters. The second-order valence-electron chi connectivity index (χ2n) is 5.53. The number of hydrogen-bond acceptors (Lipinski definition) is 4. The van der Waals surface area contributed by atoms with Crippen molar-refractivity contribution in [2.24, 2.45) is 0 Å². The molecule has 1 aromatic rings. The summed E-state index contributed by atoms with van der Waals surface area (Å²) in [6, 6.07) is 4.77. The Kier molecular flexibility index (Phi) is 4.98. The number of rotatable bonds is 3. The monoisotopic (exact) mass is 316 g/mol. The molecule has 21 heavy (non-hydrogen) atoms. The number of halogens is 1. The highest BCUT2D eigenvalue weighted by molar-refractivity contribution is 7.89. The molecule has 1 N–H and O–H groups in total. The highest BCUT2D eigenvalue weighted by Crippen LogP contribution is 2.22. The van der Waals surface area contributed by atoms with Gasteiger partial charge in [0.25, 0.3) is 0 Å². The minimum atomic E-state index is -3.64. The van der Waals surface area contributed by atoms with E-state index >= 15 is 0 Å². The van der Waals surface area contributed by atoms with E-state index in [0.29, 0.717) is 19.4 Å². The molecule has 2 rings (SSSR count). The molecule has 1 aromatic carbocycles. The zero-order valence-electron chi connectivity index (χ0n) is 12.2. The number of hydrogen-bond donors (Lipinski definition) is 1. The van der Waals surface area contributed by atoms with Gasteiger partial charge in [-0.15, -0.1) is 0 Å². The van der Waals surface area contributed by atoms with Crippen molar-refractivity contribution in [2.45, 2.75) is 29.9 Å². The summed E-state index contributed by atoms with van der Waals surface area (Å²) in [4.78, 5) is 2.00.